The van der Waals surface area contributed by atoms with Crippen LogP contribution in [0.5, 0.6) is 0 Å². The van der Waals surface area contributed by atoms with Gasteiger partial charge in [-0.25, -0.2) is 4.79 Å². The van der Waals surface area contributed by atoms with Crippen LogP contribution in [0.2, 0.25) is 0 Å². The van der Waals surface area contributed by atoms with Gasteiger partial charge in [-0.3, -0.25) is 19.2 Å². The molecule has 3 rings (SSSR count). The van der Waals surface area contributed by atoms with Gasteiger partial charge < -0.3 is 42.4 Å². The number of nitrogens with two attached hydrogens (primary N) is 2. The molecule has 13 nitrogen and oxygen atoms in total. The van der Waals surface area contributed by atoms with Crippen molar-refractivity contribution in [2.45, 2.75) is 69.6 Å². The number of carboxylic acid groups (broad SMARTS) is 1. The van der Waals surface area contributed by atoms with Gasteiger partial charge in [0.2, 0.25) is 23.6 Å². The summed E-state index contributed by atoms with van der Waals surface area (Å²) >= 11 is 0. The third-order valence-electron chi connectivity index (χ3n) is 6.97. The molecule has 13 heteroatoms. The number of amides is 4. The zero-order valence-corrected chi connectivity index (χ0v) is 22.7. The summed E-state index contributed by atoms with van der Waals surface area (Å²) in [4.78, 5) is 67.7. The number of benzene rings is 1. The molecule has 1 aromatic heterocycles. The second-order valence-corrected chi connectivity index (χ2v) is 10.1. The molecule has 0 saturated carbocycles. The average molecular weight is 558 g/mol. The summed E-state index contributed by atoms with van der Waals surface area (Å²) in [7, 11) is 0. The van der Waals surface area contributed by atoms with Gasteiger partial charge in [-0.15, -0.1) is 0 Å². The van der Waals surface area contributed by atoms with Gasteiger partial charge in [0.15, 0.2) is 0 Å². The van der Waals surface area contributed by atoms with Gasteiger partial charge in [-0.05, 0) is 57.2 Å². The Morgan fingerprint density at radius 3 is 2.55 bits per heavy atom. The summed E-state index contributed by atoms with van der Waals surface area (Å²) in [5, 5.41) is 18.3. The highest BCUT2D eigenvalue weighted by atomic mass is 16.4. The van der Waals surface area contributed by atoms with Crippen LogP contribution >= 0.6 is 0 Å². The number of carboxylic acids is 1. The summed E-state index contributed by atoms with van der Waals surface area (Å²) in [6, 6.07) is 3.68. The molecule has 0 spiro atoms. The summed E-state index contributed by atoms with van der Waals surface area (Å²) in [6.45, 7) is 1.79. The Kier molecular flexibility index (Phi) is 11.0. The van der Waals surface area contributed by atoms with Crippen LogP contribution < -0.4 is 27.4 Å². The lowest BCUT2D eigenvalue weighted by Gasteiger charge is -2.29. The van der Waals surface area contributed by atoms with Crippen molar-refractivity contribution in [3.8, 4) is 0 Å². The Morgan fingerprint density at radius 1 is 1.10 bits per heavy atom. The van der Waals surface area contributed by atoms with Gasteiger partial charge in [0.05, 0.1) is 12.6 Å². The van der Waals surface area contributed by atoms with Crippen molar-refractivity contribution < 1.29 is 29.1 Å². The standard InChI is InChI=1S/C27H39N7O6/c1-16(29)24(36)31-15-23(35)32-21(13-17-14-30-19-8-3-2-7-18(17)19)25(37)33-20(9-4-5-11-28)26(38)34-12-6-10-22(34)27(39)40/h2-3,7-8,14,16,20-22,30H,4-6,9-13,15,28-29H2,1H3,(H,31,36)(H,32,35)(H,33,37)(H,39,40)/t16-,20-,21-,22-/m0/s1. The van der Waals surface area contributed by atoms with E-state index < -0.39 is 53.8 Å². The first-order valence-electron chi connectivity index (χ1n) is 13.5. The van der Waals surface area contributed by atoms with Crippen LogP contribution in [0.15, 0.2) is 30.5 Å². The normalized spacial score (nSPS) is 17.2. The van der Waals surface area contributed by atoms with Crippen molar-refractivity contribution in [2.24, 2.45) is 11.5 Å². The lowest BCUT2D eigenvalue weighted by atomic mass is 10.0. The van der Waals surface area contributed by atoms with Crippen LogP contribution in [0, 0.1) is 0 Å². The minimum atomic E-state index is -1.09. The van der Waals surface area contributed by atoms with Crippen LogP contribution in [-0.2, 0) is 30.4 Å². The quantitative estimate of drug-likeness (QED) is 0.148. The van der Waals surface area contributed by atoms with Crippen molar-refractivity contribution in [2.75, 3.05) is 19.6 Å². The molecular formula is C27H39N7O6. The maximum absolute atomic E-state index is 13.6. The monoisotopic (exact) mass is 557 g/mol. The number of carbonyl (C=O) groups excluding carboxylic acids is 4. The summed E-state index contributed by atoms with van der Waals surface area (Å²) < 4.78 is 0. The average Bonchev–Trinajstić information content (AvgIpc) is 3.58. The number of H-pyrrole nitrogens is 1. The highest BCUT2D eigenvalue weighted by molar-refractivity contribution is 5.95. The molecular weight excluding hydrogens is 518 g/mol. The molecule has 0 radical (unpaired) electrons. The molecule has 2 heterocycles. The maximum atomic E-state index is 13.6. The number of nitrogens with zero attached hydrogens (tertiary/aromatic N) is 1. The first-order chi connectivity index (χ1) is 19.1. The Hall–Kier alpha value is -3.97. The van der Waals surface area contributed by atoms with Crippen LogP contribution in [0.1, 0.15) is 44.6 Å². The van der Waals surface area contributed by atoms with E-state index >= 15 is 0 Å². The van der Waals surface area contributed by atoms with Gasteiger partial charge in [0, 0.05) is 30.1 Å². The fourth-order valence-electron chi connectivity index (χ4n) is 4.81. The number of unbranched alkanes of at least 4 members (excludes halogenated alkanes) is 1. The van der Waals surface area contributed by atoms with Crippen molar-refractivity contribution in [3.63, 3.8) is 0 Å². The number of para-hydroxylation sites is 1. The van der Waals surface area contributed by atoms with Gasteiger partial charge in [-0.1, -0.05) is 18.2 Å². The van der Waals surface area contributed by atoms with Crippen molar-refractivity contribution in [1.82, 2.24) is 25.8 Å². The van der Waals surface area contributed by atoms with Crippen molar-refractivity contribution in [3.05, 3.63) is 36.0 Å². The minimum absolute atomic E-state index is 0.105. The SMILES string of the molecule is C[C@H](N)C(=O)NCC(=O)N[C@@H](Cc1c[nH]c2ccccc12)C(=O)N[C@@H](CCCCN)C(=O)N1CCC[C@H]1C(=O)O. The first kappa shape index (κ1) is 30.6. The van der Waals surface area contributed by atoms with Gasteiger partial charge >= 0.3 is 5.97 Å². The number of hydrogen-bond donors (Lipinski definition) is 7. The highest BCUT2D eigenvalue weighted by Crippen LogP contribution is 2.21. The molecule has 1 aliphatic rings. The molecule has 40 heavy (non-hydrogen) atoms. The summed E-state index contributed by atoms with van der Waals surface area (Å²) in [5.41, 5.74) is 12.8. The first-order valence-corrected chi connectivity index (χ1v) is 13.5. The number of carbonyl (C=O) groups is 5. The maximum Gasteiger partial charge on any atom is 0.326 e. The van der Waals surface area contributed by atoms with E-state index in [1.165, 1.54) is 11.8 Å². The number of fused-ring (bicyclic) bond motifs is 1. The van der Waals surface area contributed by atoms with E-state index in [9.17, 15) is 29.1 Å². The molecule has 4 amide bonds. The number of nitrogens with one attached hydrogen (secondary N) is 4. The number of likely N-dealkylation sites (tertiary alicyclic amines) is 1. The van der Waals surface area contributed by atoms with E-state index in [2.05, 4.69) is 20.9 Å². The molecule has 0 bridgehead atoms. The third kappa shape index (κ3) is 8.02. The highest BCUT2D eigenvalue weighted by Gasteiger charge is 2.38. The molecule has 218 valence electrons. The van der Waals surface area contributed by atoms with Crippen molar-refractivity contribution >= 4 is 40.5 Å². The smallest absolute Gasteiger partial charge is 0.326 e. The number of rotatable bonds is 14. The Morgan fingerprint density at radius 2 is 1.85 bits per heavy atom. The zero-order valence-electron chi connectivity index (χ0n) is 22.7. The topological polar surface area (TPSA) is 213 Å². The Bertz CT molecular complexity index is 1210. The molecule has 1 fully saturated rings. The van der Waals surface area contributed by atoms with E-state index in [-0.39, 0.29) is 25.9 Å². The molecule has 4 atom stereocenters. The van der Waals surface area contributed by atoms with Crippen LogP contribution in [-0.4, -0.2) is 88.4 Å². The molecule has 2 aromatic rings. The van der Waals surface area contributed by atoms with Crippen LogP contribution in [0.4, 0.5) is 0 Å². The van der Waals surface area contributed by atoms with E-state index in [0.29, 0.717) is 32.2 Å². The predicted octanol–water partition coefficient (Wildman–Crippen LogP) is -0.652. The molecule has 1 aromatic carbocycles. The summed E-state index contributed by atoms with van der Waals surface area (Å²) in [5.74, 6) is -3.29. The predicted molar refractivity (Wildman–Crippen MR) is 148 cm³/mol. The molecule has 1 saturated heterocycles. The zero-order chi connectivity index (χ0) is 29.2. The lowest BCUT2D eigenvalue weighted by molar-refractivity contribution is -0.149. The Balaban J connectivity index is 1.81. The molecule has 0 aliphatic carbocycles. The minimum Gasteiger partial charge on any atom is -0.480 e. The number of aromatic nitrogens is 1. The molecule has 0 unspecified atom stereocenters. The largest absolute Gasteiger partial charge is 0.480 e. The third-order valence-corrected chi connectivity index (χ3v) is 6.97. The van der Waals surface area contributed by atoms with E-state index in [1.807, 2.05) is 24.3 Å². The van der Waals surface area contributed by atoms with Crippen LogP contribution in [0.25, 0.3) is 10.9 Å². The summed E-state index contributed by atoms with van der Waals surface area (Å²) in [6.07, 6.45) is 4.19. The van der Waals surface area contributed by atoms with Gasteiger partial charge in [0.25, 0.3) is 0 Å². The Labute approximate surface area is 232 Å². The second kappa shape index (κ2) is 14.4. The number of aromatic amines is 1. The van der Waals surface area contributed by atoms with E-state index in [1.54, 1.807) is 6.20 Å². The number of aliphatic carboxylic acids is 1. The molecule has 9 N–H and O–H groups in total. The van der Waals surface area contributed by atoms with E-state index in [4.69, 9.17) is 11.5 Å². The second-order valence-electron chi connectivity index (χ2n) is 10.1. The molecule has 1 aliphatic heterocycles. The lowest BCUT2D eigenvalue weighted by Crippen LogP contribution is -2.57. The van der Waals surface area contributed by atoms with E-state index in [0.717, 1.165) is 16.5 Å². The van der Waals surface area contributed by atoms with Crippen molar-refractivity contribution in [1.29, 1.82) is 0 Å². The van der Waals surface area contributed by atoms with Gasteiger partial charge in [0.1, 0.15) is 18.1 Å². The fourth-order valence-corrected chi connectivity index (χ4v) is 4.81. The van der Waals surface area contributed by atoms with Crippen LogP contribution in [0.3, 0.4) is 0 Å². The number of hydrogen-bond acceptors (Lipinski definition) is 7. The van der Waals surface area contributed by atoms with Gasteiger partial charge in [-0.2, -0.15) is 0 Å². The fraction of sp³-hybridized carbons (Fsp3) is 0.519.